The molecule has 106 valence electrons. The van der Waals surface area contributed by atoms with Gasteiger partial charge in [-0.2, -0.15) is 0 Å². The zero-order valence-electron chi connectivity index (χ0n) is 12.2. The number of nitrogens with one attached hydrogen (secondary N) is 1. The van der Waals surface area contributed by atoms with E-state index in [4.69, 9.17) is 5.73 Å². The Labute approximate surface area is 125 Å². The summed E-state index contributed by atoms with van der Waals surface area (Å²) in [4.78, 5) is 0. The molecule has 1 fully saturated rings. The van der Waals surface area contributed by atoms with Gasteiger partial charge in [-0.1, -0.05) is 32.8 Å². The number of rotatable bonds is 3. The second-order valence-electron chi connectivity index (χ2n) is 6.49. The predicted octanol–water partition coefficient (Wildman–Crippen LogP) is 4.47. The molecule has 0 aromatic heterocycles. The van der Waals surface area contributed by atoms with E-state index in [1.807, 2.05) is 0 Å². The molecule has 1 aliphatic rings. The lowest BCUT2D eigenvalue weighted by Crippen LogP contribution is -2.58. The summed E-state index contributed by atoms with van der Waals surface area (Å²) >= 11 is 3.64. The van der Waals surface area contributed by atoms with Gasteiger partial charge in [-0.3, -0.25) is 0 Å². The van der Waals surface area contributed by atoms with Crippen molar-refractivity contribution in [2.24, 2.45) is 11.1 Å². The highest BCUT2D eigenvalue weighted by Crippen LogP contribution is 2.46. The number of hydrogen-bond acceptors (Lipinski definition) is 2. The lowest BCUT2D eigenvalue weighted by Gasteiger charge is -2.51. The van der Waals surface area contributed by atoms with Gasteiger partial charge in [0.15, 0.2) is 0 Å². The number of halogens is 1. The van der Waals surface area contributed by atoms with E-state index in [1.54, 1.807) is 0 Å². The van der Waals surface area contributed by atoms with Gasteiger partial charge in [0.1, 0.15) is 0 Å². The summed E-state index contributed by atoms with van der Waals surface area (Å²) in [5, 5.41) is 3.77. The molecule has 0 aliphatic heterocycles. The van der Waals surface area contributed by atoms with Crippen LogP contribution in [0.4, 0.5) is 5.69 Å². The average Bonchev–Trinajstić information content (AvgIpc) is 2.36. The number of hydrogen-bond donors (Lipinski definition) is 2. The standard InChI is InChI=1S/C16H25BrN2/c1-12-6-7-13(17)14(10-12)19-16(11-18)9-5-4-8-15(16,2)3/h6-7,10,19H,4-5,8-9,11,18H2,1-3H3. The maximum Gasteiger partial charge on any atom is 0.0546 e. The van der Waals surface area contributed by atoms with E-state index in [1.165, 1.54) is 30.5 Å². The van der Waals surface area contributed by atoms with E-state index in [0.29, 0.717) is 6.54 Å². The van der Waals surface area contributed by atoms with Crippen molar-refractivity contribution in [3.63, 3.8) is 0 Å². The quantitative estimate of drug-likeness (QED) is 0.861. The van der Waals surface area contributed by atoms with E-state index in [2.05, 4.69) is 60.2 Å². The van der Waals surface area contributed by atoms with Crippen LogP contribution in [0.15, 0.2) is 22.7 Å². The van der Waals surface area contributed by atoms with Crippen molar-refractivity contribution in [2.45, 2.75) is 52.0 Å². The van der Waals surface area contributed by atoms with Crippen LogP contribution in [0.3, 0.4) is 0 Å². The van der Waals surface area contributed by atoms with Gasteiger partial charge in [0.2, 0.25) is 0 Å². The molecule has 0 spiro atoms. The molecule has 0 saturated heterocycles. The molecule has 1 saturated carbocycles. The van der Waals surface area contributed by atoms with Crippen LogP contribution in [-0.2, 0) is 0 Å². The van der Waals surface area contributed by atoms with Gasteiger partial charge in [-0.15, -0.1) is 0 Å². The van der Waals surface area contributed by atoms with Crippen LogP contribution in [0.1, 0.15) is 45.1 Å². The molecule has 2 rings (SSSR count). The fourth-order valence-corrected chi connectivity index (χ4v) is 3.57. The summed E-state index contributed by atoms with van der Waals surface area (Å²) in [5.74, 6) is 0. The van der Waals surface area contributed by atoms with Crippen molar-refractivity contribution < 1.29 is 0 Å². The maximum atomic E-state index is 6.17. The number of aryl methyl sites for hydroxylation is 1. The number of nitrogens with two attached hydrogens (primary N) is 1. The Morgan fingerprint density at radius 2 is 1.95 bits per heavy atom. The summed E-state index contributed by atoms with van der Waals surface area (Å²) in [6.45, 7) is 7.49. The van der Waals surface area contributed by atoms with Crippen LogP contribution in [-0.4, -0.2) is 12.1 Å². The van der Waals surface area contributed by atoms with Crippen LogP contribution < -0.4 is 11.1 Å². The minimum atomic E-state index is 0.00155. The fourth-order valence-electron chi connectivity index (χ4n) is 3.23. The SMILES string of the molecule is Cc1ccc(Br)c(NC2(CN)CCCCC2(C)C)c1. The summed E-state index contributed by atoms with van der Waals surface area (Å²) in [6, 6.07) is 6.43. The molecule has 0 bridgehead atoms. The lowest BCUT2D eigenvalue weighted by molar-refractivity contribution is 0.125. The van der Waals surface area contributed by atoms with Gasteiger partial charge in [0, 0.05) is 16.7 Å². The average molecular weight is 325 g/mol. The van der Waals surface area contributed by atoms with E-state index in [0.717, 1.165) is 10.9 Å². The molecule has 1 atom stereocenters. The van der Waals surface area contributed by atoms with Crippen molar-refractivity contribution in [1.82, 2.24) is 0 Å². The Morgan fingerprint density at radius 1 is 1.26 bits per heavy atom. The van der Waals surface area contributed by atoms with Crippen molar-refractivity contribution in [1.29, 1.82) is 0 Å². The first kappa shape index (κ1) is 14.9. The zero-order chi connectivity index (χ0) is 14.1. The van der Waals surface area contributed by atoms with Gasteiger partial charge in [0.05, 0.1) is 5.54 Å². The van der Waals surface area contributed by atoms with Crippen LogP contribution in [0, 0.1) is 12.3 Å². The molecule has 1 aromatic rings. The Hall–Kier alpha value is -0.540. The first-order chi connectivity index (χ1) is 8.90. The van der Waals surface area contributed by atoms with Crippen LogP contribution in [0.5, 0.6) is 0 Å². The maximum absolute atomic E-state index is 6.17. The fraction of sp³-hybridized carbons (Fsp3) is 0.625. The Morgan fingerprint density at radius 3 is 2.58 bits per heavy atom. The van der Waals surface area contributed by atoms with Gasteiger partial charge in [-0.05, 0) is 58.8 Å². The number of anilines is 1. The van der Waals surface area contributed by atoms with Gasteiger partial charge < -0.3 is 11.1 Å². The summed E-state index contributed by atoms with van der Waals surface area (Å²) in [5.41, 5.74) is 8.84. The molecular weight excluding hydrogens is 300 g/mol. The van der Waals surface area contributed by atoms with Gasteiger partial charge in [0.25, 0.3) is 0 Å². The molecule has 0 amide bonds. The molecular formula is C16H25BrN2. The molecule has 1 aromatic carbocycles. The predicted molar refractivity (Wildman–Crippen MR) is 86.5 cm³/mol. The Kier molecular flexibility index (Phi) is 4.26. The molecule has 0 heterocycles. The smallest absolute Gasteiger partial charge is 0.0546 e. The van der Waals surface area contributed by atoms with E-state index in [-0.39, 0.29) is 11.0 Å². The topological polar surface area (TPSA) is 38.0 Å². The van der Waals surface area contributed by atoms with E-state index in [9.17, 15) is 0 Å². The van der Waals surface area contributed by atoms with Crippen LogP contribution in [0.2, 0.25) is 0 Å². The second kappa shape index (κ2) is 5.45. The summed E-state index contributed by atoms with van der Waals surface area (Å²) in [7, 11) is 0. The third-order valence-corrected chi connectivity index (χ3v) is 5.49. The van der Waals surface area contributed by atoms with Crippen LogP contribution in [0.25, 0.3) is 0 Å². The van der Waals surface area contributed by atoms with E-state index >= 15 is 0 Å². The summed E-state index contributed by atoms with van der Waals surface area (Å²) in [6.07, 6.45) is 4.96. The van der Waals surface area contributed by atoms with Crippen LogP contribution >= 0.6 is 15.9 Å². The molecule has 19 heavy (non-hydrogen) atoms. The van der Waals surface area contributed by atoms with Crippen molar-refractivity contribution in [3.05, 3.63) is 28.2 Å². The first-order valence-corrected chi connectivity index (χ1v) is 7.94. The second-order valence-corrected chi connectivity index (χ2v) is 7.34. The summed E-state index contributed by atoms with van der Waals surface area (Å²) < 4.78 is 1.12. The highest BCUT2D eigenvalue weighted by Gasteiger charge is 2.45. The van der Waals surface area contributed by atoms with Crippen molar-refractivity contribution >= 4 is 21.6 Å². The first-order valence-electron chi connectivity index (χ1n) is 7.15. The number of benzene rings is 1. The third kappa shape index (κ3) is 2.82. The molecule has 2 nitrogen and oxygen atoms in total. The molecule has 0 radical (unpaired) electrons. The Bertz CT molecular complexity index is 456. The van der Waals surface area contributed by atoms with Crippen molar-refractivity contribution in [2.75, 3.05) is 11.9 Å². The lowest BCUT2D eigenvalue weighted by atomic mass is 9.63. The highest BCUT2D eigenvalue weighted by molar-refractivity contribution is 9.10. The minimum absolute atomic E-state index is 0.00155. The largest absolute Gasteiger partial charge is 0.377 e. The third-order valence-electron chi connectivity index (χ3n) is 4.80. The van der Waals surface area contributed by atoms with Gasteiger partial charge in [-0.25, -0.2) is 0 Å². The molecule has 3 heteroatoms. The highest BCUT2D eigenvalue weighted by atomic mass is 79.9. The van der Waals surface area contributed by atoms with Crippen molar-refractivity contribution in [3.8, 4) is 0 Å². The molecule has 1 aliphatic carbocycles. The van der Waals surface area contributed by atoms with E-state index < -0.39 is 0 Å². The zero-order valence-corrected chi connectivity index (χ0v) is 13.8. The van der Waals surface area contributed by atoms with Gasteiger partial charge >= 0.3 is 0 Å². The monoisotopic (exact) mass is 324 g/mol. The molecule has 1 unspecified atom stereocenters. The minimum Gasteiger partial charge on any atom is -0.377 e. The molecule has 3 N–H and O–H groups in total. The normalized spacial score (nSPS) is 26.2. The Balaban J connectivity index is 2.34.